The van der Waals surface area contributed by atoms with E-state index in [9.17, 15) is 9.59 Å². The third-order valence-corrected chi connectivity index (χ3v) is 4.89. The summed E-state index contributed by atoms with van der Waals surface area (Å²) in [6.07, 6.45) is 6.65. The van der Waals surface area contributed by atoms with Gasteiger partial charge in [-0.05, 0) is 37.0 Å². The van der Waals surface area contributed by atoms with Gasteiger partial charge in [-0.25, -0.2) is 0 Å². The molecule has 25 heavy (non-hydrogen) atoms. The summed E-state index contributed by atoms with van der Waals surface area (Å²) in [5.41, 5.74) is 2.23. The van der Waals surface area contributed by atoms with Crippen LogP contribution in [0.3, 0.4) is 0 Å². The third-order valence-electron chi connectivity index (χ3n) is 4.89. The second-order valence-corrected chi connectivity index (χ2v) is 6.68. The van der Waals surface area contributed by atoms with Crippen LogP contribution in [0.4, 0.5) is 0 Å². The molecule has 7 heteroatoms. The van der Waals surface area contributed by atoms with Gasteiger partial charge in [0, 0.05) is 30.6 Å². The van der Waals surface area contributed by atoms with Gasteiger partial charge in [0.05, 0.1) is 12.1 Å². The molecule has 0 aromatic carbocycles. The van der Waals surface area contributed by atoms with Gasteiger partial charge in [-0.2, -0.15) is 5.10 Å². The van der Waals surface area contributed by atoms with Crippen molar-refractivity contribution in [3.63, 3.8) is 0 Å². The van der Waals surface area contributed by atoms with Gasteiger partial charge in [0.25, 0.3) is 5.91 Å². The van der Waals surface area contributed by atoms with Crippen LogP contribution in [0, 0.1) is 0 Å². The van der Waals surface area contributed by atoms with Crippen molar-refractivity contribution in [1.29, 1.82) is 0 Å². The monoisotopic (exact) mass is 339 g/mol. The average molecular weight is 339 g/mol. The Morgan fingerprint density at radius 3 is 2.92 bits per heavy atom. The summed E-state index contributed by atoms with van der Waals surface area (Å²) in [5, 5.41) is 9.93. The first-order valence-electron chi connectivity index (χ1n) is 8.73. The molecule has 3 heterocycles. The van der Waals surface area contributed by atoms with E-state index in [-0.39, 0.29) is 29.9 Å². The number of hydrogen-bond acceptors (Lipinski definition) is 4. The van der Waals surface area contributed by atoms with Gasteiger partial charge in [-0.1, -0.05) is 13.0 Å². The quantitative estimate of drug-likeness (QED) is 0.866. The Hall–Kier alpha value is -2.70. The Balaban J connectivity index is 1.58. The number of H-pyrrole nitrogens is 1. The van der Waals surface area contributed by atoms with Gasteiger partial charge < -0.3 is 10.2 Å². The van der Waals surface area contributed by atoms with Crippen molar-refractivity contribution in [3.8, 4) is 0 Å². The maximum Gasteiger partial charge on any atom is 0.272 e. The molecular weight excluding hydrogens is 318 g/mol. The molecule has 130 valence electrons. The highest BCUT2D eigenvalue weighted by Gasteiger charge is 2.47. The standard InChI is InChI=1S/C18H21N5O2/c1-2-12-8-15(22-21-12)18(25)20-14-9-16(24)23(13-5-6-13)17(14)11-4-3-7-19-10-11/h3-4,7-8,10,13-14,17H,2,5-6,9H2,1H3,(H,20,25)(H,21,22)/t14-,17+/m1/s1. The first kappa shape index (κ1) is 15.8. The second-order valence-electron chi connectivity index (χ2n) is 6.68. The van der Waals surface area contributed by atoms with Crippen LogP contribution in [0.15, 0.2) is 30.6 Å². The van der Waals surface area contributed by atoms with E-state index in [0.29, 0.717) is 12.1 Å². The lowest BCUT2D eigenvalue weighted by Gasteiger charge is -2.28. The van der Waals surface area contributed by atoms with Gasteiger partial charge in [0.15, 0.2) is 0 Å². The first-order chi connectivity index (χ1) is 12.2. The number of carbonyl (C=O) groups is 2. The molecule has 1 aliphatic heterocycles. The lowest BCUT2D eigenvalue weighted by Crippen LogP contribution is -2.40. The van der Waals surface area contributed by atoms with Crippen LogP contribution >= 0.6 is 0 Å². The number of likely N-dealkylation sites (tertiary alicyclic amines) is 1. The second kappa shape index (κ2) is 6.31. The fraction of sp³-hybridized carbons (Fsp3) is 0.444. The Morgan fingerprint density at radius 2 is 2.28 bits per heavy atom. The number of rotatable bonds is 5. The summed E-state index contributed by atoms with van der Waals surface area (Å²) >= 11 is 0. The molecule has 7 nitrogen and oxygen atoms in total. The molecule has 1 saturated carbocycles. The Morgan fingerprint density at radius 1 is 1.44 bits per heavy atom. The number of amides is 2. The van der Waals surface area contributed by atoms with E-state index in [1.807, 2.05) is 24.0 Å². The van der Waals surface area contributed by atoms with Crippen LogP contribution in [-0.4, -0.2) is 44.0 Å². The summed E-state index contributed by atoms with van der Waals surface area (Å²) in [4.78, 5) is 31.2. The molecule has 2 aliphatic rings. The van der Waals surface area contributed by atoms with Crippen LogP contribution in [0.5, 0.6) is 0 Å². The number of carbonyl (C=O) groups excluding carboxylic acids is 2. The molecule has 2 aromatic rings. The van der Waals surface area contributed by atoms with Crippen molar-refractivity contribution in [2.75, 3.05) is 0 Å². The number of aromatic nitrogens is 3. The zero-order valence-electron chi connectivity index (χ0n) is 14.1. The van der Waals surface area contributed by atoms with E-state index < -0.39 is 0 Å². The summed E-state index contributed by atoms with van der Waals surface area (Å²) in [5.74, 6) is -0.154. The number of aromatic amines is 1. The van der Waals surface area contributed by atoms with Crippen molar-refractivity contribution in [2.45, 2.75) is 50.7 Å². The van der Waals surface area contributed by atoms with Gasteiger partial charge in [0.1, 0.15) is 5.69 Å². The van der Waals surface area contributed by atoms with Crippen LogP contribution in [-0.2, 0) is 11.2 Å². The van der Waals surface area contributed by atoms with Crippen molar-refractivity contribution >= 4 is 11.8 Å². The van der Waals surface area contributed by atoms with Crippen LogP contribution in [0.25, 0.3) is 0 Å². The molecule has 4 rings (SSSR count). The van der Waals surface area contributed by atoms with Gasteiger partial charge in [0.2, 0.25) is 5.91 Å². The maximum atomic E-state index is 12.6. The van der Waals surface area contributed by atoms with Gasteiger partial charge in [-0.15, -0.1) is 0 Å². The number of nitrogens with one attached hydrogen (secondary N) is 2. The predicted octanol–water partition coefficient (Wildman–Crippen LogP) is 1.60. The number of aryl methyl sites for hydroxylation is 1. The molecule has 1 saturated heterocycles. The molecule has 2 aromatic heterocycles. The highest BCUT2D eigenvalue weighted by atomic mass is 16.2. The molecular formula is C18H21N5O2. The molecule has 0 radical (unpaired) electrons. The zero-order chi connectivity index (χ0) is 17.4. The molecule has 2 N–H and O–H groups in total. The van der Waals surface area contributed by atoms with E-state index in [1.54, 1.807) is 18.5 Å². The molecule has 0 unspecified atom stereocenters. The normalized spacial score (nSPS) is 23.1. The molecule has 0 bridgehead atoms. The summed E-state index contributed by atoms with van der Waals surface area (Å²) in [6, 6.07) is 5.44. The van der Waals surface area contributed by atoms with Crippen LogP contribution in [0.1, 0.15) is 54.0 Å². The van der Waals surface area contributed by atoms with Gasteiger partial charge in [-0.3, -0.25) is 19.7 Å². The number of hydrogen-bond donors (Lipinski definition) is 2. The predicted molar refractivity (Wildman–Crippen MR) is 90.7 cm³/mol. The Bertz CT molecular complexity index is 784. The highest BCUT2D eigenvalue weighted by molar-refractivity contribution is 5.93. The molecule has 2 atom stereocenters. The van der Waals surface area contributed by atoms with E-state index in [1.165, 1.54) is 0 Å². The summed E-state index contributed by atoms with van der Waals surface area (Å²) in [7, 11) is 0. The van der Waals surface area contributed by atoms with E-state index in [0.717, 1.165) is 30.5 Å². The minimum absolute atomic E-state index is 0.0953. The molecule has 0 spiro atoms. The fourth-order valence-corrected chi connectivity index (χ4v) is 3.51. The highest BCUT2D eigenvalue weighted by Crippen LogP contribution is 2.41. The smallest absolute Gasteiger partial charge is 0.272 e. The summed E-state index contributed by atoms with van der Waals surface area (Å²) in [6.45, 7) is 2.00. The van der Waals surface area contributed by atoms with Crippen molar-refractivity contribution in [3.05, 3.63) is 47.5 Å². The first-order valence-corrected chi connectivity index (χ1v) is 8.73. The largest absolute Gasteiger partial charge is 0.345 e. The fourth-order valence-electron chi connectivity index (χ4n) is 3.51. The van der Waals surface area contributed by atoms with E-state index in [2.05, 4.69) is 20.5 Å². The topological polar surface area (TPSA) is 91.0 Å². The zero-order valence-corrected chi connectivity index (χ0v) is 14.1. The van der Waals surface area contributed by atoms with Crippen molar-refractivity contribution in [2.24, 2.45) is 0 Å². The third kappa shape index (κ3) is 3.01. The Kier molecular flexibility index (Phi) is 3.99. The minimum Gasteiger partial charge on any atom is -0.345 e. The maximum absolute atomic E-state index is 12.6. The van der Waals surface area contributed by atoms with E-state index >= 15 is 0 Å². The van der Waals surface area contributed by atoms with Crippen LogP contribution in [0.2, 0.25) is 0 Å². The molecule has 2 amide bonds. The van der Waals surface area contributed by atoms with Crippen LogP contribution < -0.4 is 5.32 Å². The molecule has 2 fully saturated rings. The van der Waals surface area contributed by atoms with Gasteiger partial charge >= 0.3 is 0 Å². The minimum atomic E-state index is -0.272. The lowest BCUT2D eigenvalue weighted by atomic mass is 10.0. The summed E-state index contributed by atoms with van der Waals surface area (Å²) < 4.78 is 0. The average Bonchev–Trinajstić information content (AvgIpc) is 3.24. The SMILES string of the molecule is CCc1cc(C(=O)N[C@@H]2CC(=O)N(C3CC3)[C@H]2c2cccnc2)n[nH]1. The van der Waals surface area contributed by atoms with Crippen molar-refractivity contribution in [1.82, 2.24) is 25.4 Å². The number of pyridine rings is 1. The van der Waals surface area contributed by atoms with Crippen molar-refractivity contribution < 1.29 is 9.59 Å². The Labute approximate surface area is 145 Å². The molecule has 1 aliphatic carbocycles. The number of nitrogens with zero attached hydrogens (tertiary/aromatic N) is 3. The van der Waals surface area contributed by atoms with E-state index in [4.69, 9.17) is 0 Å². The lowest BCUT2D eigenvalue weighted by molar-refractivity contribution is -0.129.